The van der Waals surface area contributed by atoms with Crippen molar-refractivity contribution in [2.45, 2.75) is 75.5 Å². The van der Waals surface area contributed by atoms with Crippen molar-refractivity contribution in [3.05, 3.63) is 29.8 Å². The van der Waals surface area contributed by atoms with E-state index in [1.807, 2.05) is 0 Å². The molecule has 0 aliphatic carbocycles. The van der Waals surface area contributed by atoms with Crippen molar-refractivity contribution in [2.75, 3.05) is 13.1 Å². The highest BCUT2D eigenvalue weighted by atomic mass is 16.4. The number of phenolic OH excluding ortho intramolecular Hbond substituents is 1. The number of nitrogens with one attached hydrogen (secondary N) is 3. The van der Waals surface area contributed by atoms with E-state index in [0.29, 0.717) is 24.9 Å². The van der Waals surface area contributed by atoms with E-state index in [0.717, 1.165) is 0 Å². The molecule has 0 aliphatic heterocycles. The maximum atomic E-state index is 13.2. The summed E-state index contributed by atoms with van der Waals surface area (Å²) in [6.45, 7) is 0.470. The van der Waals surface area contributed by atoms with Gasteiger partial charge < -0.3 is 54.2 Å². The first-order valence-electron chi connectivity index (χ1n) is 13.5. The Morgan fingerprint density at radius 3 is 1.88 bits per heavy atom. The molecular weight excluding hydrogens is 552 g/mol. The van der Waals surface area contributed by atoms with Gasteiger partial charge in [-0.15, -0.1) is 0 Å². The van der Waals surface area contributed by atoms with Gasteiger partial charge in [0, 0.05) is 13.0 Å². The van der Waals surface area contributed by atoms with Gasteiger partial charge in [-0.05, 0) is 69.2 Å². The maximum absolute atomic E-state index is 13.2. The molecule has 0 fully saturated rings. The lowest BCUT2D eigenvalue weighted by atomic mass is 10.0. The van der Waals surface area contributed by atoms with E-state index in [1.165, 1.54) is 12.1 Å². The Kier molecular flexibility index (Phi) is 15.9. The number of aliphatic carboxylic acids is 2. The Balaban J connectivity index is 3.05. The van der Waals surface area contributed by atoms with E-state index in [4.69, 9.17) is 28.0 Å². The Labute approximate surface area is 243 Å². The van der Waals surface area contributed by atoms with E-state index in [1.54, 1.807) is 12.1 Å². The van der Waals surface area contributed by atoms with Gasteiger partial charge in [-0.25, -0.2) is 4.79 Å². The molecule has 0 aliphatic rings. The number of hydrogen-bond donors (Lipinski definition) is 10. The lowest BCUT2D eigenvalue weighted by Crippen LogP contribution is -2.57. The number of amides is 3. The summed E-state index contributed by atoms with van der Waals surface area (Å²) in [7, 11) is 0. The highest BCUT2D eigenvalue weighted by Crippen LogP contribution is 2.11. The molecule has 234 valence electrons. The molecule has 1 aromatic rings. The SMILES string of the molecule is NCCCCC(NC(=O)C(CCCN=C(N)N)NC(=O)C(CCC(=O)O)NC(=O)C(N)Cc1ccc(O)cc1)C(=O)O. The van der Waals surface area contributed by atoms with Crippen molar-refractivity contribution in [2.24, 2.45) is 27.9 Å². The zero-order valence-electron chi connectivity index (χ0n) is 23.3. The average molecular weight is 595 g/mol. The van der Waals surface area contributed by atoms with Gasteiger partial charge in [0.05, 0.1) is 6.04 Å². The van der Waals surface area contributed by atoms with Crippen LogP contribution in [-0.2, 0) is 30.4 Å². The lowest BCUT2D eigenvalue weighted by Gasteiger charge is -2.25. The second-order valence-electron chi connectivity index (χ2n) is 9.66. The van der Waals surface area contributed by atoms with Crippen LogP contribution >= 0.6 is 0 Å². The van der Waals surface area contributed by atoms with Gasteiger partial charge in [0.2, 0.25) is 17.7 Å². The number of nitrogens with two attached hydrogens (primary N) is 4. The number of aliphatic imine (C=N–C) groups is 1. The van der Waals surface area contributed by atoms with Gasteiger partial charge in [-0.2, -0.15) is 0 Å². The van der Waals surface area contributed by atoms with Crippen LogP contribution in [0.25, 0.3) is 0 Å². The quantitative estimate of drug-likeness (QED) is 0.0439. The fourth-order valence-corrected chi connectivity index (χ4v) is 3.86. The monoisotopic (exact) mass is 594 g/mol. The molecule has 16 heteroatoms. The molecule has 4 unspecified atom stereocenters. The van der Waals surface area contributed by atoms with E-state index in [2.05, 4.69) is 20.9 Å². The molecule has 0 saturated heterocycles. The number of nitrogens with zero attached hydrogens (tertiary/aromatic N) is 1. The first-order chi connectivity index (χ1) is 19.8. The van der Waals surface area contributed by atoms with Crippen LogP contribution in [0.15, 0.2) is 29.3 Å². The molecule has 1 rings (SSSR count). The maximum Gasteiger partial charge on any atom is 0.326 e. The standard InChI is InChI=1S/C26H42N8O8/c27-12-2-1-4-20(25(41)42)34-23(39)18(5-3-13-31-26(29)30)33-24(40)19(10-11-21(36)37)32-22(38)17(28)14-15-6-8-16(35)9-7-15/h6-9,17-20,35H,1-5,10-14,27-28H2,(H,32,38)(H,33,40)(H,34,39)(H,36,37)(H,41,42)(H4,29,30,31). The third kappa shape index (κ3) is 14.3. The predicted octanol–water partition coefficient (Wildman–Crippen LogP) is -2.15. The third-order valence-corrected chi connectivity index (χ3v) is 6.15. The second-order valence-corrected chi connectivity index (χ2v) is 9.66. The largest absolute Gasteiger partial charge is 0.508 e. The molecule has 0 radical (unpaired) electrons. The Morgan fingerprint density at radius 1 is 0.786 bits per heavy atom. The van der Waals surface area contributed by atoms with Crippen molar-refractivity contribution in [3.8, 4) is 5.75 Å². The van der Waals surface area contributed by atoms with Crippen molar-refractivity contribution < 1.29 is 39.3 Å². The number of carboxylic acids is 2. The Hall–Kier alpha value is -4.44. The molecular formula is C26H42N8O8. The number of benzene rings is 1. The predicted molar refractivity (Wildman–Crippen MR) is 153 cm³/mol. The minimum atomic E-state index is -1.37. The van der Waals surface area contributed by atoms with Gasteiger partial charge in [0.15, 0.2) is 5.96 Å². The van der Waals surface area contributed by atoms with E-state index in [9.17, 15) is 34.2 Å². The van der Waals surface area contributed by atoms with Crippen LogP contribution in [-0.4, -0.2) is 88.2 Å². The van der Waals surface area contributed by atoms with Crippen LogP contribution in [0.5, 0.6) is 5.75 Å². The molecule has 4 atom stereocenters. The molecule has 16 nitrogen and oxygen atoms in total. The highest BCUT2D eigenvalue weighted by molar-refractivity contribution is 5.94. The highest BCUT2D eigenvalue weighted by Gasteiger charge is 2.30. The number of hydrogen-bond acceptors (Lipinski definition) is 9. The van der Waals surface area contributed by atoms with Crippen molar-refractivity contribution >= 4 is 35.6 Å². The second kappa shape index (κ2) is 18.8. The summed E-state index contributed by atoms with van der Waals surface area (Å²) in [5.74, 6) is -5.02. The zero-order chi connectivity index (χ0) is 31.7. The van der Waals surface area contributed by atoms with E-state index < -0.39 is 60.2 Å². The van der Waals surface area contributed by atoms with Crippen LogP contribution in [0.3, 0.4) is 0 Å². The molecule has 0 bridgehead atoms. The van der Waals surface area contributed by atoms with Gasteiger partial charge >= 0.3 is 11.9 Å². The van der Waals surface area contributed by atoms with E-state index >= 15 is 0 Å². The summed E-state index contributed by atoms with van der Waals surface area (Å²) in [6, 6.07) is 1.03. The fraction of sp³-hybridized carbons (Fsp3) is 0.538. The minimum Gasteiger partial charge on any atom is -0.508 e. The van der Waals surface area contributed by atoms with Gasteiger partial charge in [-0.3, -0.25) is 24.2 Å². The summed E-state index contributed by atoms with van der Waals surface area (Å²) >= 11 is 0. The molecule has 42 heavy (non-hydrogen) atoms. The summed E-state index contributed by atoms with van der Waals surface area (Å²) < 4.78 is 0. The fourth-order valence-electron chi connectivity index (χ4n) is 3.86. The summed E-state index contributed by atoms with van der Waals surface area (Å²) in [5.41, 5.74) is 22.7. The van der Waals surface area contributed by atoms with Crippen LogP contribution in [0.4, 0.5) is 0 Å². The number of carbonyl (C=O) groups excluding carboxylic acids is 3. The molecule has 0 saturated carbocycles. The third-order valence-electron chi connectivity index (χ3n) is 6.15. The number of aromatic hydroxyl groups is 1. The normalized spacial score (nSPS) is 13.6. The number of carboxylic acid groups (broad SMARTS) is 2. The average Bonchev–Trinajstić information content (AvgIpc) is 2.92. The Morgan fingerprint density at radius 2 is 1.33 bits per heavy atom. The first-order valence-corrected chi connectivity index (χ1v) is 13.5. The van der Waals surface area contributed by atoms with Crippen LogP contribution in [0.1, 0.15) is 50.5 Å². The Bertz CT molecular complexity index is 1080. The number of phenols is 1. The van der Waals surface area contributed by atoms with E-state index in [-0.39, 0.29) is 50.4 Å². The van der Waals surface area contributed by atoms with Crippen LogP contribution in [0.2, 0.25) is 0 Å². The minimum absolute atomic E-state index is 0.00343. The molecule has 0 spiro atoms. The molecule has 3 amide bonds. The topological polar surface area (TPSA) is 299 Å². The summed E-state index contributed by atoms with van der Waals surface area (Å²) in [4.78, 5) is 65.9. The summed E-state index contributed by atoms with van der Waals surface area (Å²) in [6.07, 6.45) is 0.627. The zero-order valence-corrected chi connectivity index (χ0v) is 23.3. The van der Waals surface area contributed by atoms with Crippen molar-refractivity contribution in [1.82, 2.24) is 16.0 Å². The number of unbranched alkanes of at least 4 members (excludes halogenated alkanes) is 1. The van der Waals surface area contributed by atoms with Crippen molar-refractivity contribution in [3.63, 3.8) is 0 Å². The molecule has 1 aromatic carbocycles. The van der Waals surface area contributed by atoms with Crippen LogP contribution < -0.4 is 38.9 Å². The van der Waals surface area contributed by atoms with Crippen LogP contribution in [0, 0.1) is 0 Å². The number of carbonyl (C=O) groups is 5. The summed E-state index contributed by atoms with van der Waals surface area (Å²) in [5, 5.41) is 35.5. The smallest absolute Gasteiger partial charge is 0.326 e. The molecule has 14 N–H and O–H groups in total. The molecule has 0 heterocycles. The number of rotatable bonds is 20. The first kappa shape index (κ1) is 35.6. The van der Waals surface area contributed by atoms with Gasteiger partial charge in [0.1, 0.15) is 23.9 Å². The number of guanidine groups is 1. The van der Waals surface area contributed by atoms with Gasteiger partial charge in [0.25, 0.3) is 0 Å². The lowest BCUT2D eigenvalue weighted by molar-refractivity contribution is -0.142. The van der Waals surface area contributed by atoms with Crippen molar-refractivity contribution in [1.29, 1.82) is 0 Å². The molecule has 0 aromatic heterocycles. The van der Waals surface area contributed by atoms with Gasteiger partial charge in [-0.1, -0.05) is 12.1 Å².